The van der Waals surface area contributed by atoms with Gasteiger partial charge in [-0.25, -0.2) is 4.79 Å². The van der Waals surface area contributed by atoms with Gasteiger partial charge in [-0.1, -0.05) is 0 Å². The summed E-state index contributed by atoms with van der Waals surface area (Å²) < 4.78 is 55.5. The predicted molar refractivity (Wildman–Crippen MR) is 131 cm³/mol. The third-order valence-corrected chi connectivity index (χ3v) is 6.58. The van der Waals surface area contributed by atoms with E-state index in [0.29, 0.717) is 65.2 Å². The zero-order chi connectivity index (χ0) is 25.9. The van der Waals surface area contributed by atoms with Gasteiger partial charge in [0.05, 0.1) is 30.6 Å². The minimum atomic E-state index is -5.06. The molecule has 1 aromatic carbocycles. The molecule has 2 aromatic rings. The van der Waals surface area contributed by atoms with Gasteiger partial charge in [0, 0.05) is 29.6 Å². The Hall–Kier alpha value is -2.75. The van der Waals surface area contributed by atoms with E-state index in [-0.39, 0.29) is 6.04 Å². The standard InChI is InChI=1S/C26H34F3N3O4/c1-16(2)30-24-17-14-21(34-3)22(35-13-7-12-32-10-4-5-11-32)15-19(17)31-18-8-6-9-20(23(18)24)36-25(33)26(27,28)29/h14-16,20H,4-13H2,1-3H3,(H,30,31). The predicted octanol–water partition coefficient (Wildman–Crippen LogP) is 5.41. The summed E-state index contributed by atoms with van der Waals surface area (Å²) in [5, 5.41) is 4.04. The number of esters is 1. The number of aryl methyl sites for hydroxylation is 1. The number of carbonyl (C=O) groups is 1. The van der Waals surface area contributed by atoms with Gasteiger partial charge in [-0.3, -0.25) is 4.98 Å². The molecule has 7 nitrogen and oxygen atoms in total. The van der Waals surface area contributed by atoms with Crippen LogP contribution in [0.2, 0.25) is 0 Å². The number of hydrogen-bond donors (Lipinski definition) is 1. The number of ether oxygens (including phenoxy) is 3. The highest BCUT2D eigenvalue weighted by molar-refractivity contribution is 5.96. The van der Waals surface area contributed by atoms with Gasteiger partial charge >= 0.3 is 12.1 Å². The topological polar surface area (TPSA) is 72.9 Å². The van der Waals surface area contributed by atoms with E-state index in [0.717, 1.165) is 26.1 Å². The van der Waals surface area contributed by atoms with Crippen LogP contribution in [0.4, 0.5) is 18.9 Å². The fourth-order valence-electron chi connectivity index (χ4n) is 4.98. The molecule has 0 radical (unpaired) electrons. The van der Waals surface area contributed by atoms with Crippen LogP contribution in [0.15, 0.2) is 12.1 Å². The van der Waals surface area contributed by atoms with Crippen LogP contribution in [0.5, 0.6) is 11.5 Å². The Morgan fingerprint density at radius 2 is 1.94 bits per heavy atom. The number of anilines is 1. The maximum atomic E-state index is 13.0. The first-order chi connectivity index (χ1) is 17.2. The molecule has 36 heavy (non-hydrogen) atoms. The number of alkyl halides is 3. The smallest absolute Gasteiger partial charge is 0.490 e. The van der Waals surface area contributed by atoms with Crippen LogP contribution >= 0.6 is 0 Å². The number of pyridine rings is 1. The van der Waals surface area contributed by atoms with Crippen LogP contribution in [0, 0.1) is 0 Å². The van der Waals surface area contributed by atoms with E-state index in [1.807, 2.05) is 19.9 Å². The van der Waals surface area contributed by atoms with Crippen molar-refractivity contribution in [3.05, 3.63) is 23.4 Å². The number of hydrogen-bond acceptors (Lipinski definition) is 7. The second-order valence-corrected chi connectivity index (χ2v) is 9.70. The average Bonchev–Trinajstić information content (AvgIpc) is 3.34. The van der Waals surface area contributed by atoms with E-state index >= 15 is 0 Å². The summed E-state index contributed by atoms with van der Waals surface area (Å²) in [6, 6.07) is 3.59. The largest absolute Gasteiger partial charge is 0.493 e. The Balaban J connectivity index is 1.67. The third kappa shape index (κ3) is 5.96. The average molecular weight is 510 g/mol. The molecule has 1 saturated heterocycles. The highest BCUT2D eigenvalue weighted by atomic mass is 19.4. The summed E-state index contributed by atoms with van der Waals surface area (Å²) in [7, 11) is 1.55. The van der Waals surface area contributed by atoms with Crippen molar-refractivity contribution in [2.75, 3.05) is 38.7 Å². The summed E-state index contributed by atoms with van der Waals surface area (Å²) in [5.41, 5.74) is 2.39. The van der Waals surface area contributed by atoms with Gasteiger partial charge in [-0.2, -0.15) is 13.2 Å². The van der Waals surface area contributed by atoms with Crippen LogP contribution in [-0.2, 0) is 16.0 Å². The Morgan fingerprint density at radius 3 is 2.61 bits per heavy atom. The van der Waals surface area contributed by atoms with E-state index in [2.05, 4.69) is 10.2 Å². The van der Waals surface area contributed by atoms with Gasteiger partial charge in [0.1, 0.15) is 6.10 Å². The lowest BCUT2D eigenvalue weighted by molar-refractivity contribution is -0.205. The second-order valence-electron chi connectivity index (χ2n) is 9.70. The third-order valence-electron chi connectivity index (χ3n) is 6.58. The minimum Gasteiger partial charge on any atom is -0.493 e. The number of likely N-dealkylation sites (tertiary alicyclic amines) is 1. The molecule has 10 heteroatoms. The van der Waals surface area contributed by atoms with Gasteiger partial charge in [-0.05, 0) is 71.5 Å². The summed E-state index contributed by atoms with van der Waals surface area (Å²) in [4.78, 5) is 18.9. The highest BCUT2D eigenvalue weighted by Gasteiger charge is 2.43. The fraction of sp³-hybridized carbons (Fsp3) is 0.615. The van der Waals surface area contributed by atoms with E-state index in [1.54, 1.807) is 13.2 Å². The molecule has 1 atom stereocenters. The molecular formula is C26H34F3N3O4. The van der Waals surface area contributed by atoms with Gasteiger partial charge in [0.25, 0.3) is 0 Å². The van der Waals surface area contributed by atoms with Crippen LogP contribution in [0.3, 0.4) is 0 Å². The molecule has 2 aliphatic rings. The van der Waals surface area contributed by atoms with Crippen molar-refractivity contribution >= 4 is 22.6 Å². The molecule has 1 fully saturated rings. The lowest BCUT2D eigenvalue weighted by atomic mass is 9.89. The Labute approximate surface area is 209 Å². The highest BCUT2D eigenvalue weighted by Crippen LogP contribution is 2.44. The molecule has 4 rings (SSSR count). The number of halogens is 3. The van der Waals surface area contributed by atoms with Crippen molar-refractivity contribution in [2.45, 2.75) is 70.7 Å². The molecule has 1 unspecified atom stereocenters. The molecule has 0 bridgehead atoms. The quantitative estimate of drug-likeness (QED) is 0.358. The van der Waals surface area contributed by atoms with Gasteiger partial charge in [0.15, 0.2) is 11.5 Å². The minimum absolute atomic E-state index is 0.0203. The molecule has 2 heterocycles. The van der Waals surface area contributed by atoms with Crippen LogP contribution in [0.25, 0.3) is 10.9 Å². The Morgan fingerprint density at radius 1 is 1.19 bits per heavy atom. The Bertz CT molecular complexity index is 1080. The summed E-state index contributed by atoms with van der Waals surface area (Å²) >= 11 is 0. The van der Waals surface area contributed by atoms with Crippen LogP contribution < -0.4 is 14.8 Å². The van der Waals surface area contributed by atoms with Gasteiger partial charge in [-0.15, -0.1) is 0 Å². The summed E-state index contributed by atoms with van der Waals surface area (Å²) in [6.45, 7) is 7.68. The zero-order valence-electron chi connectivity index (χ0n) is 21.0. The number of aromatic nitrogens is 1. The molecule has 1 N–H and O–H groups in total. The van der Waals surface area contributed by atoms with Gasteiger partial charge in [0.2, 0.25) is 0 Å². The van der Waals surface area contributed by atoms with E-state index in [4.69, 9.17) is 19.2 Å². The molecule has 1 aliphatic heterocycles. The molecule has 198 valence electrons. The number of nitrogens with zero attached hydrogens (tertiary/aromatic N) is 2. The van der Waals surface area contributed by atoms with Crippen molar-refractivity contribution in [3.8, 4) is 11.5 Å². The number of rotatable bonds is 9. The Kier molecular flexibility index (Phi) is 8.12. The van der Waals surface area contributed by atoms with Crippen molar-refractivity contribution in [3.63, 3.8) is 0 Å². The molecule has 0 spiro atoms. The van der Waals surface area contributed by atoms with E-state index < -0.39 is 18.2 Å². The molecule has 1 aliphatic carbocycles. The lowest BCUT2D eigenvalue weighted by Gasteiger charge is -2.29. The number of benzene rings is 1. The molecule has 0 amide bonds. The van der Waals surface area contributed by atoms with Crippen molar-refractivity contribution in [1.29, 1.82) is 0 Å². The van der Waals surface area contributed by atoms with Crippen molar-refractivity contribution in [1.82, 2.24) is 9.88 Å². The molecule has 1 aromatic heterocycles. The zero-order valence-corrected chi connectivity index (χ0v) is 21.0. The monoisotopic (exact) mass is 509 g/mol. The fourth-order valence-corrected chi connectivity index (χ4v) is 4.98. The van der Waals surface area contributed by atoms with Crippen LogP contribution in [-0.4, -0.2) is 61.4 Å². The maximum absolute atomic E-state index is 13.0. The summed E-state index contributed by atoms with van der Waals surface area (Å²) in [6.07, 6.45) is -1.26. The second kappa shape index (κ2) is 11.1. The number of carbonyl (C=O) groups excluding carboxylic acids is 1. The maximum Gasteiger partial charge on any atom is 0.490 e. The normalized spacial score (nSPS) is 18.4. The summed E-state index contributed by atoms with van der Waals surface area (Å²) in [5.74, 6) is -1.10. The first-order valence-corrected chi connectivity index (χ1v) is 12.6. The van der Waals surface area contributed by atoms with E-state index in [1.165, 1.54) is 12.8 Å². The first-order valence-electron chi connectivity index (χ1n) is 12.6. The molecule has 0 saturated carbocycles. The SMILES string of the molecule is COc1cc2c(NC(C)C)c3c(nc2cc1OCCCN1CCCC1)CCCC3OC(=O)C(F)(F)F. The van der Waals surface area contributed by atoms with Crippen molar-refractivity contribution in [2.24, 2.45) is 0 Å². The molecular weight excluding hydrogens is 475 g/mol. The lowest BCUT2D eigenvalue weighted by Crippen LogP contribution is -2.29. The first kappa shape index (κ1) is 26.3. The van der Waals surface area contributed by atoms with Crippen LogP contribution in [0.1, 0.15) is 63.3 Å². The van der Waals surface area contributed by atoms with Crippen molar-refractivity contribution < 1.29 is 32.2 Å². The van der Waals surface area contributed by atoms with Gasteiger partial charge < -0.3 is 24.4 Å². The number of methoxy groups -OCH3 is 1. The van der Waals surface area contributed by atoms with E-state index in [9.17, 15) is 18.0 Å². The number of fused-ring (bicyclic) bond motifs is 2. The number of nitrogens with one attached hydrogen (secondary N) is 1.